The molecule has 0 aliphatic carbocycles. The van der Waals surface area contributed by atoms with Crippen LogP contribution in [0.3, 0.4) is 0 Å². The van der Waals surface area contributed by atoms with Crippen LogP contribution in [-0.2, 0) is 0 Å². The van der Waals surface area contributed by atoms with Crippen molar-refractivity contribution in [2.45, 2.75) is 32.3 Å². The molecule has 1 atom stereocenters. The van der Waals surface area contributed by atoms with E-state index in [1.54, 1.807) is 6.20 Å². The van der Waals surface area contributed by atoms with Gasteiger partial charge < -0.3 is 5.11 Å². The van der Waals surface area contributed by atoms with Gasteiger partial charge in [0, 0.05) is 17.5 Å². The van der Waals surface area contributed by atoms with E-state index >= 15 is 0 Å². The Labute approximate surface area is 85.3 Å². The zero-order valence-electron chi connectivity index (χ0n) is 8.61. The number of aromatic nitrogens is 1. The van der Waals surface area contributed by atoms with E-state index in [1.807, 2.05) is 25.1 Å². The fourth-order valence-corrected chi connectivity index (χ4v) is 1.46. The van der Waals surface area contributed by atoms with E-state index in [9.17, 15) is 5.11 Å². The lowest BCUT2D eigenvalue weighted by atomic mass is 10.0. The maximum Gasteiger partial charge on any atom is 0.0807 e. The molecule has 1 heterocycles. The van der Waals surface area contributed by atoms with Gasteiger partial charge in [0.2, 0.25) is 0 Å². The second-order valence-corrected chi connectivity index (χ2v) is 3.41. The number of unbranched alkanes of at least 4 members (excludes halogenated alkanes) is 1. The first kappa shape index (κ1) is 10.9. The Kier molecular flexibility index (Phi) is 4.33. The Morgan fingerprint density at radius 3 is 3.07 bits per heavy atom. The number of nitrogens with zero attached hydrogens (tertiary/aromatic N) is 1. The SMILES string of the molecule is C=CCCCC(O)c1cccnc1C. The van der Waals surface area contributed by atoms with Gasteiger partial charge in [-0.1, -0.05) is 12.1 Å². The number of hydrogen-bond donors (Lipinski definition) is 1. The van der Waals surface area contributed by atoms with Gasteiger partial charge in [-0.25, -0.2) is 0 Å². The van der Waals surface area contributed by atoms with E-state index in [4.69, 9.17) is 0 Å². The summed E-state index contributed by atoms with van der Waals surface area (Å²) in [5.74, 6) is 0. The Hall–Kier alpha value is -1.15. The molecule has 0 amide bonds. The Morgan fingerprint density at radius 2 is 2.43 bits per heavy atom. The predicted octanol–water partition coefficient (Wildman–Crippen LogP) is 2.78. The number of aliphatic hydroxyl groups excluding tert-OH is 1. The number of allylic oxidation sites excluding steroid dienone is 1. The zero-order valence-corrected chi connectivity index (χ0v) is 8.61. The van der Waals surface area contributed by atoms with Crippen molar-refractivity contribution in [2.24, 2.45) is 0 Å². The van der Waals surface area contributed by atoms with Crippen molar-refractivity contribution in [1.82, 2.24) is 4.98 Å². The highest BCUT2D eigenvalue weighted by Gasteiger charge is 2.09. The highest BCUT2D eigenvalue weighted by molar-refractivity contribution is 5.20. The quantitative estimate of drug-likeness (QED) is 0.573. The summed E-state index contributed by atoms with van der Waals surface area (Å²) in [4.78, 5) is 4.15. The second kappa shape index (κ2) is 5.55. The molecule has 1 aromatic rings. The number of aryl methyl sites for hydroxylation is 1. The van der Waals surface area contributed by atoms with E-state index in [0.29, 0.717) is 0 Å². The normalized spacial score (nSPS) is 12.4. The third kappa shape index (κ3) is 2.96. The van der Waals surface area contributed by atoms with Gasteiger partial charge in [-0.15, -0.1) is 6.58 Å². The first-order chi connectivity index (χ1) is 6.75. The fraction of sp³-hybridized carbons (Fsp3) is 0.417. The van der Waals surface area contributed by atoms with Gasteiger partial charge >= 0.3 is 0 Å². The van der Waals surface area contributed by atoms with Crippen molar-refractivity contribution in [3.63, 3.8) is 0 Å². The minimum Gasteiger partial charge on any atom is -0.388 e. The molecule has 2 heteroatoms. The van der Waals surface area contributed by atoms with Gasteiger partial charge in [0.1, 0.15) is 0 Å². The van der Waals surface area contributed by atoms with Gasteiger partial charge in [0.05, 0.1) is 6.10 Å². The fourth-order valence-electron chi connectivity index (χ4n) is 1.46. The largest absolute Gasteiger partial charge is 0.388 e. The Balaban J connectivity index is 2.55. The van der Waals surface area contributed by atoms with Crippen molar-refractivity contribution in [2.75, 3.05) is 0 Å². The molecule has 1 aromatic heterocycles. The molecule has 0 spiro atoms. The van der Waals surface area contributed by atoms with Crippen LogP contribution >= 0.6 is 0 Å². The van der Waals surface area contributed by atoms with Crippen molar-refractivity contribution < 1.29 is 5.11 Å². The van der Waals surface area contributed by atoms with Crippen molar-refractivity contribution >= 4 is 0 Å². The van der Waals surface area contributed by atoms with Crippen LogP contribution in [0.1, 0.15) is 36.6 Å². The summed E-state index contributed by atoms with van der Waals surface area (Å²) in [6, 6.07) is 3.79. The van der Waals surface area contributed by atoms with Crippen LogP contribution < -0.4 is 0 Å². The maximum atomic E-state index is 9.85. The minimum atomic E-state index is -0.386. The van der Waals surface area contributed by atoms with E-state index < -0.39 is 0 Å². The summed E-state index contributed by atoms with van der Waals surface area (Å²) < 4.78 is 0. The van der Waals surface area contributed by atoms with Crippen molar-refractivity contribution in [1.29, 1.82) is 0 Å². The molecule has 1 unspecified atom stereocenters. The zero-order chi connectivity index (χ0) is 10.4. The molecular weight excluding hydrogens is 174 g/mol. The maximum absolute atomic E-state index is 9.85. The number of hydrogen-bond acceptors (Lipinski definition) is 2. The summed E-state index contributed by atoms with van der Waals surface area (Å²) in [5.41, 5.74) is 1.86. The van der Waals surface area contributed by atoms with Crippen LogP contribution in [0.25, 0.3) is 0 Å². The van der Waals surface area contributed by atoms with Gasteiger partial charge in [-0.2, -0.15) is 0 Å². The smallest absolute Gasteiger partial charge is 0.0807 e. The summed E-state index contributed by atoms with van der Waals surface area (Å²) in [7, 11) is 0. The van der Waals surface area contributed by atoms with Crippen LogP contribution in [-0.4, -0.2) is 10.1 Å². The lowest BCUT2D eigenvalue weighted by molar-refractivity contribution is 0.164. The highest BCUT2D eigenvalue weighted by Crippen LogP contribution is 2.20. The van der Waals surface area contributed by atoms with Crippen LogP contribution in [0, 0.1) is 6.92 Å². The number of pyridine rings is 1. The molecule has 76 valence electrons. The molecule has 1 N–H and O–H groups in total. The Bertz CT molecular complexity index is 296. The van der Waals surface area contributed by atoms with Crippen molar-refractivity contribution in [3.8, 4) is 0 Å². The average Bonchev–Trinajstić information content (AvgIpc) is 2.18. The third-order valence-electron chi connectivity index (χ3n) is 2.29. The van der Waals surface area contributed by atoms with E-state index in [0.717, 1.165) is 30.5 Å². The summed E-state index contributed by atoms with van der Waals surface area (Å²) >= 11 is 0. The number of aliphatic hydroxyl groups is 1. The van der Waals surface area contributed by atoms with E-state index in [1.165, 1.54) is 0 Å². The van der Waals surface area contributed by atoms with Crippen LogP contribution in [0.2, 0.25) is 0 Å². The molecule has 0 aromatic carbocycles. The molecule has 0 radical (unpaired) electrons. The topological polar surface area (TPSA) is 33.1 Å². The van der Waals surface area contributed by atoms with Gasteiger partial charge in [0.25, 0.3) is 0 Å². The molecular formula is C12H17NO. The van der Waals surface area contributed by atoms with Crippen LogP contribution in [0.4, 0.5) is 0 Å². The molecule has 0 bridgehead atoms. The molecule has 0 saturated heterocycles. The summed E-state index contributed by atoms with van der Waals surface area (Å²) in [5, 5.41) is 9.85. The number of rotatable bonds is 5. The predicted molar refractivity (Wildman–Crippen MR) is 58.0 cm³/mol. The average molecular weight is 191 g/mol. The first-order valence-corrected chi connectivity index (χ1v) is 4.96. The highest BCUT2D eigenvalue weighted by atomic mass is 16.3. The summed E-state index contributed by atoms with van der Waals surface area (Å²) in [6.45, 7) is 5.58. The molecule has 0 aliphatic heterocycles. The van der Waals surface area contributed by atoms with Gasteiger partial charge in [0.15, 0.2) is 0 Å². The van der Waals surface area contributed by atoms with Gasteiger partial charge in [-0.3, -0.25) is 4.98 Å². The summed E-state index contributed by atoms with van der Waals surface area (Å²) in [6.07, 6.45) is 5.94. The lowest BCUT2D eigenvalue weighted by Crippen LogP contribution is -2.01. The standard InChI is InChI=1S/C12H17NO/c1-3-4-5-8-12(14)11-7-6-9-13-10(11)2/h3,6-7,9,12,14H,1,4-5,8H2,2H3. The molecule has 1 rings (SSSR count). The molecule has 2 nitrogen and oxygen atoms in total. The lowest BCUT2D eigenvalue weighted by Gasteiger charge is -2.11. The van der Waals surface area contributed by atoms with Crippen LogP contribution in [0.5, 0.6) is 0 Å². The molecule has 0 aliphatic rings. The van der Waals surface area contributed by atoms with E-state index in [2.05, 4.69) is 11.6 Å². The second-order valence-electron chi connectivity index (χ2n) is 3.41. The Morgan fingerprint density at radius 1 is 1.64 bits per heavy atom. The van der Waals surface area contributed by atoms with Crippen molar-refractivity contribution in [3.05, 3.63) is 42.2 Å². The minimum absolute atomic E-state index is 0.386. The molecule has 14 heavy (non-hydrogen) atoms. The van der Waals surface area contributed by atoms with Crippen LogP contribution in [0.15, 0.2) is 31.0 Å². The third-order valence-corrected chi connectivity index (χ3v) is 2.29. The van der Waals surface area contributed by atoms with Gasteiger partial charge in [-0.05, 0) is 32.3 Å². The monoisotopic (exact) mass is 191 g/mol. The molecule has 0 saturated carbocycles. The first-order valence-electron chi connectivity index (χ1n) is 4.96. The molecule has 0 fully saturated rings. The van der Waals surface area contributed by atoms with E-state index in [-0.39, 0.29) is 6.10 Å².